The molecular formula is C18H31N. The number of hydrogen-bond donors (Lipinski definition) is 1. The third-order valence-corrected chi connectivity index (χ3v) is 3.68. The number of hydrogen-bond acceptors (Lipinski definition) is 1. The highest BCUT2D eigenvalue weighted by atomic mass is 14.9. The Hall–Kier alpha value is -0.820. The van der Waals surface area contributed by atoms with Gasteiger partial charge in [-0.2, -0.15) is 0 Å². The van der Waals surface area contributed by atoms with Gasteiger partial charge in [-0.25, -0.2) is 0 Å². The van der Waals surface area contributed by atoms with Crippen LogP contribution in [0.2, 0.25) is 0 Å². The molecule has 1 atom stereocenters. The van der Waals surface area contributed by atoms with Gasteiger partial charge in [0.1, 0.15) is 0 Å². The Labute approximate surface area is 119 Å². The molecule has 1 N–H and O–H groups in total. The first kappa shape index (κ1) is 16.2. The monoisotopic (exact) mass is 261 g/mol. The van der Waals surface area contributed by atoms with Crippen LogP contribution in [0.3, 0.4) is 0 Å². The van der Waals surface area contributed by atoms with Crippen molar-refractivity contribution in [3.8, 4) is 0 Å². The van der Waals surface area contributed by atoms with Gasteiger partial charge in [-0.1, -0.05) is 75.8 Å². The predicted molar refractivity (Wildman–Crippen MR) is 85.6 cm³/mol. The van der Waals surface area contributed by atoms with E-state index in [1.54, 1.807) is 0 Å². The first-order valence-electron chi connectivity index (χ1n) is 8.07. The van der Waals surface area contributed by atoms with Crippen molar-refractivity contribution in [2.24, 2.45) is 0 Å². The van der Waals surface area contributed by atoms with Crippen LogP contribution < -0.4 is 5.32 Å². The molecule has 1 aromatic carbocycles. The Morgan fingerprint density at radius 1 is 1.00 bits per heavy atom. The number of benzene rings is 1. The molecule has 0 spiro atoms. The number of unbranched alkanes of at least 4 members (excludes halogenated alkanes) is 4. The molecule has 0 aliphatic rings. The lowest BCUT2D eigenvalue weighted by Gasteiger charge is -2.19. The molecule has 1 unspecified atom stereocenters. The molecule has 0 aliphatic heterocycles. The van der Waals surface area contributed by atoms with E-state index in [-0.39, 0.29) is 0 Å². The van der Waals surface area contributed by atoms with Crippen LogP contribution in [0, 0.1) is 6.92 Å². The van der Waals surface area contributed by atoms with Crippen LogP contribution in [0.1, 0.15) is 76.0 Å². The molecule has 1 nitrogen and oxygen atoms in total. The Balaban J connectivity index is 2.47. The van der Waals surface area contributed by atoms with Crippen LogP contribution in [0.25, 0.3) is 0 Å². The lowest BCUT2D eigenvalue weighted by molar-refractivity contribution is 0.468. The molecule has 0 radical (unpaired) electrons. The predicted octanol–water partition coefficient (Wildman–Crippen LogP) is 5.40. The van der Waals surface area contributed by atoms with E-state index in [2.05, 4.69) is 50.4 Å². The van der Waals surface area contributed by atoms with Gasteiger partial charge in [0.05, 0.1) is 0 Å². The smallest absolute Gasteiger partial charge is 0.0320 e. The van der Waals surface area contributed by atoms with Crippen LogP contribution in [0.15, 0.2) is 24.3 Å². The summed E-state index contributed by atoms with van der Waals surface area (Å²) in [6.45, 7) is 7.81. The molecule has 19 heavy (non-hydrogen) atoms. The fourth-order valence-corrected chi connectivity index (χ4v) is 2.54. The van der Waals surface area contributed by atoms with Crippen LogP contribution in [0.4, 0.5) is 0 Å². The molecule has 0 saturated heterocycles. The molecule has 1 aromatic rings. The molecule has 1 heteroatoms. The number of nitrogens with one attached hydrogen (secondary N) is 1. The van der Waals surface area contributed by atoms with Gasteiger partial charge in [-0.15, -0.1) is 0 Å². The van der Waals surface area contributed by atoms with Gasteiger partial charge >= 0.3 is 0 Å². The number of rotatable bonds is 10. The largest absolute Gasteiger partial charge is 0.310 e. The topological polar surface area (TPSA) is 12.0 Å². The maximum atomic E-state index is 3.70. The molecule has 108 valence electrons. The summed E-state index contributed by atoms with van der Waals surface area (Å²) < 4.78 is 0. The molecule has 0 amide bonds. The second-order valence-corrected chi connectivity index (χ2v) is 5.62. The quantitative estimate of drug-likeness (QED) is 0.556. The van der Waals surface area contributed by atoms with Crippen molar-refractivity contribution in [1.82, 2.24) is 5.32 Å². The zero-order valence-corrected chi connectivity index (χ0v) is 13.0. The summed E-state index contributed by atoms with van der Waals surface area (Å²) in [5, 5.41) is 3.70. The second-order valence-electron chi connectivity index (χ2n) is 5.62. The van der Waals surface area contributed by atoms with Crippen molar-refractivity contribution in [3.05, 3.63) is 35.4 Å². The molecule has 0 fully saturated rings. The summed E-state index contributed by atoms with van der Waals surface area (Å²) in [6, 6.07) is 9.51. The minimum atomic E-state index is 0.543. The van der Waals surface area contributed by atoms with E-state index in [4.69, 9.17) is 0 Å². The third kappa shape index (κ3) is 6.77. The molecule has 0 aliphatic carbocycles. The summed E-state index contributed by atoms with van der Waals surface area (Å²) in [6.07, 6.45) is 9.31. The fraction of sp³-hybridized carbons (Fsp3) is 0.667. The molecular weight excluding hydrogens is 230 g/mol. The Morgan fingerprint density at radius 3 is 2.47 bits per heavy atom. The van der Waals surface area contributed by atoms with Crippen molar-refractivity contribution in [1.29, 1.82) is 0 Å². The van der Waals surface area contributed by atoms with Crippen LogP contribution in [-0.4, -0.2) is 6.54 Å². The zero-order chi connectivity index (χ0) is 13.9. The van der Waals surface area contributed by atoms with Gasteiger partial charge in [0.25, 0.3) is 0 Å². The van der Waals surface area contributed by atoms with Gasteiger partial charge in [-0.3, -0.25) is 0 Å². The van der Waals surface area contributed by atoms with E-state index < -0.39 is 0 Å². The number of aryl methyl sites for hydroxylation is 1. The second kappa shape index (κ2) is 10.0. The van der Waals surface area contributed by atoms with E-state index in [9.17, 15) is 0 Å². The normalized spacial score (nSPS) is 12.6. The lowest BCUT2D eigenvalue weighted by Crippen LogP contribution is -2.22. The van der Waals surface area contributed by atoms with Gasteiger partial charge in [0, 0.05) is 6.04 Å². The van der Waals surface area contributed by atoms with E-state index in [0.717, 1.165) is 6.54 Å². The standard InChI is InChI=1S/C18H31N/c1-4-6-7-8-9-13-18(19-14-5-2)17-12-10-11-16(3)15-17/h10-12,15,18-19H,4-9,13-14H2,1-3H3. The van der Waals surface area contributed by atoms with Crippen LogP contribution >= 0.6 is 0 Å². The van der Waals surface area contributed by atoms with E-state index >= 15 is 0 Å². The molecule has 1 rings (SSSR count). The minimum absolute atomic E-state index is 0.543. The highest BCUT2D eigenvalue weighted by Gasteiger charge is 2.10. The van der Waals surface area contributed by atoms with Crippen LogP contribution in [0.5, 0.6) is 0 Å². The molecule has 0 saturated carbocycles. The zero-order valence-electron chi connectivity index (χ0n) is 13.0. The summed E-state index contributed by atoms with van der Waals surface area (Å²) in [7, 11) is 0. The summed E-state index contributed by atoms with van der Waals surface area (Å²) >= 11 is 0. The van der Waals surface area contributed by atoms with Crippen molar-refractivity contribution in [2.75, 3.05) is 6.54 Å². The first-order valence-corrected chi connectivity index (χ1v) is 8.07. The summed E-state index contributed by atoms with van der Waals surface area (Å²) in [5.74, 6) is 0. The Bertz CT molecular complexity index is 332. The van der Waals surface area contributed by atoms with Gasteiger partial charge in [-0.05, 0) is 31.9 Å². The highest BCUT2D eigenvalue weighted by molar-refractivity contribution is 5.25. The Kier molecular flexibility index (Phi) is 8.57. The van der Waals surface area contributed by atoms with Gasteiger partial charge in [0.2, 0.25) is 0 Å². The summed E-state index contributed by atoms with van der Waals surface area (Å²) in [5.41, 5.74) is 2.83. The maximum Gasteiger partial charge on any atom is 0.0320 e. The van der Waals surface area contributed by atoms with E-state index in [1.807, 2.05) is 0 Å². The highest BCUT2D eigenvalue weighted by Crippen LogP contribution is 2.21. The van der Waals surface area contributed by atoms with Gasteiger partial charge < -0.3 is 5.32 Å². The average molecular weight is 261 g/mol. The fourth-order valence-electron chi connectivity index (χ4n) is 2.54. The van der Waals surface area contributed by atoms with Crippen molar-refractivity contribution in [2.45, 2.75) is 71.8 Å². The molecule has 0 aromatic heterocycles. The maximum absolute atomic E-state index is 3.70. The van der Waals surface area contributed by atoms with Gasteiger partial charge in [0.15, 0.2) is 0 Å². The molecule has 0 heterocycles. The minimum Gasteiger partial charge on any atom is -0.310 e. The van der Waals surface area contributed by atoms with Crippen LogP contribution in [-0.2, 0) is 0 Å². The van der Waals surface area contributed by atoms with E-state index in [0.29, 0.717) is 6.04 Å². The molecule has 0 bridgehead atoms. The summed E-state index contributed by atoms with van der Waals surface area (Å²) in [4.78, 5) is 0. The lowest BCUT2D eigenvalue weighted by atomic mass is 9.98. The van der Waals surface area contributed by atoms with Crippen molar-refractivity contribution >= 4 is 0 Å². The first-order chi connectivity index (χ1) is 9.27. The third-order valence-electron chi connectivity index (χ3n) is 3.68. The average Bonchev–Trinajstić information content (AvgIpc) is 2.42. The Morgan fingerprint density at radius 2 is 1.79 bits per heavy atom. The van der Waals surface area contributed by atoms with E-state index in [1.165, 1.54) is 56.1 Å². The SMILES string of the molecule is CCCCCCCC(NCCC)c1cccc(C)c1. The van der Waals surface area contributed by atoms with Crippen molar-refractivity contribution in [3.63, 3.8) is 0 Å². The van der Waals surface area contributed by atoms with Crippen molar-refractivity contribution < 1.29 is 0 Å².